The Morgan fingerprint density at radius 2 is 2.05 bits per heavy atom. The molecule has 0 aromatic carbocycles. The van der Waals surface area contributed by atoms with E-state index in [-0.39, 0.29) is 5.91 Å². The molecule has 4 heteroatoms. The van der Waals surface area contributed by atoms with Gasteiger partial charge in [-0.05, 0) is 69.9 Å². The standard InChI is InChI=1S/C16H29N3O/c1-18-16(15(17)20,14-5-6-14)10-19(2)9-13-8-11-3-4-12(13)7-11/h11-14,18H,3-10H2,1-2H3,(H2,17,20). The van der Waals surface area contributed by atoms with E-state index in [2.05, 4.69) is 17.3 Å². The van der Waals surface area contributed by atoms with Crippen molar-refractivity contribution in [3.8, 4) is 0 Å². The molecular formula is C16H29N3O. The van der Waals surface area contributed by atoms with Crippen molar-refractivity contribution in [1.82, 2.24) is 10.2 Å². The van der Waals surface area contributed by atoms with Gasteiger partial charge in [0.15, 0.2) is 0 Å². The second kappa shape index (κ2) is 5.30. The van der Waals surface area contributed by atoms with Gasteiger partial charge in [0, 0.05) is 13.1 Å². The van der Waals surface area contributed by atoms with E-state index in [0.29, 0.717) is 5.92 Å². The highest BCUT2D eigenvalue weighted by Crippen LogP contribution is 2.48. The molecule has 2 bridgehead atoms. The van der Waals surface area contributed by atoms with Crippen molar-refractivity contribution >= 4 is 5.91 Å². The van der Waals surface area contributed by atoms with Crippen molar-refractivity contribution in [2.75, 3.05) is 27.2 Å². The van der Waals surface area contributed by atoms with Gasteiger partial charge in [0.05, 0.1) is 0 Å². The van der Waals surface area contributed by atoms with Gasteiger partial charge in [0.25, 0.3) is 0 Å². The number of carbonyl (C=O) groups excluding carboxylic acids is 1. The summed E-state index contributed by atoms with van der Waals surface area (Å²) >= 11 is 0. The van der Waals surface area contributed by atoms with E-state index in [4.69, 9.17) is 5.73 Å². The van der Waals surface area contributed by atoms with Crippen molar-refractivity contribution < 1.29 is 4.79 Å². The number of hydrogen-bond acceptors (Lipinski definition) is 3. The van der Waals surface area contributed by atoms with Crippen LogP contribution in [0.15, 0.2) is 0 Å². The third-order valence-corrected chi connectivity index (χ3v) is 6.11. The topological polar surface area (TPSA) is 58.4 Å². The van der Waals surface area contributed by atoms with Crippen LogP contribution in [0.4, 0.5) is 0 Å². The molecule has 3 aliphatic rings. The first-order valence-electron chi connectivity index (χ1n) is 8.22. The Labute approximate surface area is 122 Å². The summed E-state index contributed by atoms with van der Waals surface area (Å²) in [5, 5.41) is 3.25. The predicted molar refractivity (Wildman–Crippen MR) is 80.1 cm³/mol. The molecule has 0 saturated heterocycles. The Hall–Kier alpha value is -0.610. The maximum Gasteiger partial charge on any atom is 0.239 e. The van der Waals surface area contributed by atoms with Gasteiger partial charge in [-0.25, -0.2) is 0 Å². The monoisotopic (exact) mass is 279 g/mol. The molecule has 0 heterocycles. The third-order valence-electron chi connectivity index (χ3n) is 6.11. The van der Waals surface area contributed by atoms with Crippen LogP contribution in [0.5, 0.6) is 0 Å². The van der Waals surface area contributed by atoms with E-state index < -0.39 is 5.54 Å². The van der Waals surface area contributed by atoms with Gasteiger partial charge in [-0.15, -0.1) is 0 Å². The molecule has 0 radical (unpaired) electrons. The zero-order valence-electron chi connectivity index (χ0n) is 12.9. The first-order chi connectivity index (χ1) is 9.55. The fourth-order valence-electron chi connectivity index (χ4n) is 4.88. The highest BCUT2D eigenvalue weighted by molar-refractivity contribution is 5.85. The molecule has 1 amide bonds. The summed E-state index contributed by atoms with van der Waals surface area (Å²) < 4.78 is 0. The zero-order valence-corrected chi connectivity index (χ0v) is 12.9. The average Bonchev–Trinajstić information content (AvgIpc) is 3.06. The minimum atomic E-state index is -0.508. The summed E-state index contributed by atoms with van der Waals surface area (Å²) in [7, 11) is 4.04. The number of nitrogens with two attached hydrogens (primary N) is 1. The van der Waals surface area contributed by atoms with E-state index in [1.165, 1.54) is 25.7 Å². The summed E-state index contributed by atoms with van der Waals surface area (Å²) in [5.41, 5.74) is 5.20. The van der Waals surface area contributed by atoms with Crippen molar-refractivity contribution in [3.05, 3.63) is 0 Å². The Balaban J connectivity index is 1.59. The molecule has 0 aromatic rings. The smallest absolute Gasteiger partial charge is 0.239 e. The number of carbonyl (C=O) groups is 1. The normalized spacial score (nSPS) is 35.5. The molecule has 0 spiro atoms. The second-order valence-electron chi connectivity index (χ2n) is 7.49. The second-order valence-corrected chi connectivity index (χ2v) is 7.49. The van der Waals surface area contributed by atoms with Crippen LogP contribution in [0.1, 0.15) is 38.5 Å². The van der Waals surface area contributed by atoms with Crippen molar-refractivity contribution in [2.24, 2.45) is 29.4 Å². The zero-order chi connectivity index (χ0) is 14.3. The summed E-state index contributed by atoms with van der Waals surface area (Å²) in [4.78, 5) is 14.3. The summed E-state index contributed by atoms with van der Waals surface area (Å²) in [6.07, 6.45) is 8.00. The average molecular weight is 279 g/mol. The molecule has 3 fully saturated rings. The molecule has 4 atom stereocenters. The van der Waals surface area contributed by atoms with Gasteiger partial charge in [-0.3, -0.25) is 4.79 Å². The molecule has 3 saturated carbocycles. The lowest BCUT2D eigenvalue weighted by atomic mass is 9.87. The fourth-order valence-corrected chi connectivity index (χ4v) is 4.88. The van der Waals surface area contributed by atoms with Gasteiger partial charge >= 0.3 is 0 Å². The van der Waals surface area contributed by atoms with Crippen molar-refractivity contribution in [3.63, 3.8) is 0 Å². The molecule has 114 valence electrons. The Bertz CT molecular complexity index is 382. The number of primary amides is 1. The number of rotatable bonds is 7. The largest absolute Gasteiger partial charge is 0.368 e. The van der Waals surface area contributed by atoms with E-state index >= 15 is 0 Å². The molecular weight excluding hydrogens is 250 g/mol. The minimum absolute atomic E-state index is 0.178. The maximum atomic E-state index is 12.0. The van der Waals surface area contributed by atoms with Gasteiger partial charge < -0.3 is 16.0 Å². The summed E-state index contributed by atoms with van der Waals surface area (Å²) in [6, 6.07) is 0. The van der Waals surface area contributed by atoms with Crippen LogP contribution in [0.2, 0.25) is 0 Å². The fraction of sp³-hybridized carbons (Fsp3) is 0.938. The van der Waals surface area contributed by atoms with Crippen LogP contribution in [0, 0.1) is 23.7 Å². The molecule has 3 N–H and O–H groups in total. The lowest BCUT2D eigenvalue weighted by Crippen LogP contribution is -2.62. The first kappa shape index (κ1) is 14.3. The van der Waals surface area contributed by atoms with Crippen LogP contribution < -0.4 is 11.1 Å². The molecule has 0 aliphatic heterocycles. The lowest BCUT2D eigenvalue weighted by molar-refractivity contribution is -0.126. The number of fused-ring (bicyclic) bond motifs is 2. The minimum Gasteiger partial charge on any atom is -0.368 e. The predicted octanol–water partition coefficient (Wildman–Crippen LogP) is 1.21. The molecule has 0 aromatic heterocycles. The maximum absolute atomic E-state index is 12.0. The summed E-state index contributed by atoms with van der Waals surface area (Å²) in [6.45, 7) is 1.89. The van der Waals surface area contributed by atoms with Crippen LogP contribution >= 0.6 is 0 Å². The molecule has 20 heavy (non-hydrogen) atoms. The van der Waals surface area contributed by atoms with E-state index in [1.54, 1.807) is 0 Å². The number of nitrogens with zero attached hydrogens (tertiary/aromatic N) is 1. The van der Waals surface area contributed by atoms with E-state index in [0.717, 1.165) is 43.7 Å². The van der Waals surface area contributed by atoms with E-state index in [9.17, 15) is 4.79 Å². The van der Waals surface area contributed by atoms with Crippen molar-refractivity contribution in [2.45, 2.75) is 44.1 Å². The molecule has 4 unspecified atom stereocenters. The number of nitrogens with one attached hydrogen (secondary N) is 1. The van der Waals surface area contributed by atoms with Crippen LogP contribution in [0.3, 0.4) is 0 Å². The number of hydrogen-bond donors (Lipinski definition) is 2. The Kier molecular flexibility index (Phi) is 3.80. The van der Waals surface area contributed by atoms with Gasteiger partial charge in [-0.1, -0.05) is 6.42 Å². The first-order valence-corrected chi connectivity index (χ1v) is 8.22. The third kappa shape index (κ3) is 2.48. The molecule has 3 rings (SSSR count). The Morgan fingerprint density at radius 3 is 2.50 bits per heavy atom. The van der Waals surface area contributed by atoms with Gasteiger partial charge in [0.1, 0.15) is 5.54 Å². The SMILES string of the molecule is CNC(CN(C)CC1CC2CCC1C2)(C(N)=O)C1CC1. The highest BCUT2D eigenvalue weighted by Gasteiger charge is 2.49. The molecule has 4 nitrogen and oxygen atoms in total. The number of likely N-dealkylation sites (N-methyl/N-ethyl adjacent to an activating group) is 2. The van der Waals surface area contributed by atoms with Crippen LogP contribution in [0.25, 0.3) is 0 Å². The number of amides is 1. The van der Waals surface area contributed by atoms with Crippen molar-refractivity contribution in [1.29, 1.82) is 0 Å². The summed E-state index contributed by atoms with van der Waals surface area (Å²) in [5.74, 6) is 3.04. The van der Waals surface area contributed by atoms with Crippen LogP contribution in [-0.4, -0.2) is 43.5 Å². The van der Waals surface area contributed by atoms with E-state index in [1.807, 2.05) is 7.05 Å². The molecule has 3 aliphatic carbocycles. The lowest BCUT2D eigenvalue weighted by Gasteiger charge is -2.36. The van der Waals surface area contributed by atoms with Crippen LogP contribution in [-0.2, 0) is 4.79 Å². The van der Waals surface area contributed by atoms with Gasteiger partial charge in [-0.2, -0.15) is 0 Å². The quantitative estimate of drug-likeness (QED) is 0.736. The highest BCUT2D eigenvalue weighted by atomic mass is 16.1. The Morgan fingerprint density at radius 1 is 1.30 bits per heavy atom. The van der Waals surface area contributed by atoms with Gasteiger partial charge in [0.2, 0.25) is 5.91 Å².